The summed E-state index contributed by atoms with van der Waals surface area (Å²) in [6.45, 7) is 4.48. The summed E-state index contributed by atoms with van der Waals surface area (Å²) < 4.78 is 5.97. The van der Waals surface area contributed by atoms with Gasteiger partial charge >= 0.3 is 0 Å². The van der Waals surface area contributed by atoms with Gasteiger partial charge in [0, 0.05) is 44.5 Å². The van der Waals surface area contributed by atoms with E-state index in [1.165, 1.54) is 6.92 Å². The summed E-state index contributed by atoms with van der Waals surface area (Å²) in [6.07, 6.45) is 6.69. The van der Waals surface area contributed by atoms with Crippen LogP contribution in [0, 0.1) is 6.92 Å². The number of nitrogens with zero attached hydrogens (tertiary/aromatic N) is 4. The zero-order chi connectivity index (χ0) is 19.2. The third kappa shape index (κ3) is 4.78. The molecule has 8 heteroatoms. The Kier molecular flexibility index (Phi) is 5.95. The number of ether oxygens (including phenoxy) is 1. The van der Waals surface area contributed by atoms with Gasteiger partial charge in [0.15, 0.2) is 5.75 Å². The van der Waals surface area contributed by atoms with Gasteiger partial charge in [0.2, 0.25) is 17.7 Å². The standard InChI is InChI=1S/C19H23N5O3/c1-13-16(6-3-7-20-13)27-19-18(21-8-9-22-19)15-5-4-10-24(12-15)17(26)11-23-14(2)25/h3,6-9,15H,4-5,10-12H2,1-2H3,(H,23,25)/t15-/m1/s1. The smallest absolute Gasteiger partial charge is 0.241 e. The lowest BCUT2D eigenvalue weighted by molar-refractivity contribution is -0.133. The Morgan fingerprint density at radius 2 is 2.07 bits per heavy atom. The Balaban J connectivity index is 1.75. The van der Waals surface area contributed by atoms with Gasteiger partial charge < -0.3 is 15.0 Å². The van der Waals surface area contributed by atoms with Crippen molar-refractivity contribution < 1.29 is 14.3 Å². The van der Waals surface area contributed by atoms with Crippen molar-refractivity contribution in [3.63, 3.8) is 0 Å². The van der Waals surface area contributed by atoms with Gasteiger partial charge in [-0.25, -0.2) is 4.98 Å². The number of aromatic nitrogens is 3. The second-order valence-electron chi connectivity index (χ2n) is 6.52. The number of carbonyl (C=O) groups excluding carboxylic acids is 2. The first-order valence-electron chi connectivity index (χ1n) is 8.97. The van der Waals surface area contributed by atoms with E-state index in [0.717, 1.165) is 24.2 Å². The van der Waals surface area contributed by atoms with Crippen LogP contribution in [-0.2, 0) is 9.59 Å². The third-order valence-electron chi connectivity index (χ3n) is 4.51. The van der Waals surface area contributed by atoms with Crippen molar-refractivity contribution in [3.8, 4) is 11.6 Å². The first-order valence-corrected chi connectivity index (χ1v) is 8.97. The highest BCUT2D eigenvalue weighted by Crippen LogP contribution is 2.33. The second-order valence-corrected chi connectivity index (χ2v) is 6.52. The molecule has 1 N–H and O–H groups in total. The van der Waals surface area contributed by atoms with Crippen LogP contribution in [0.25, 0.3) is 0 Å². The number of aryl methyl sites for hydroxylation is 1. The molecule has 2 aromatic heterocycles. The van der Waals surface area contributed by atoms with E-state index >= 15 is 0 Å². The fourth-order valence-electron chi connectivity index (χ4n) is 3.11. The van der Waals surface area contributed by atoms with Gasteiger partial charge in [-0.2, -0.15) is 0 Å². The van der Waals surface area contributed by atoms with Crippen molar-refractivity contribution in [3.05, 3.63) is 42.1 Å². The fraction of sp³-hybridized carbons (Fsp3) is 0.421. The fourth-order valence-corrected chi connectivity index (χ4v) is 3.11. The largest absolute Gasteiger partial charge is 0.435 e. The summed E-state index contributed by atoms with van der Waals surface area (Å²) in [7, 11) is 0. The molecule has 0 unspecified atom stereocenters. The van der Waals surface area contributed by atoms with Gasteiger partial charge in [0.05, 0.1) is 12.2 Å². The molecule has 27 heavy (non-hydrogen) atoms. The van der Waals surface area contributed by atoms with E-state index < -0.39 is 0 Å². The van der Waals surface area contributed by atoms with Crippen molar-refractivity contribution in [1.29, 1.82) is 0 Å². The molecule has 0 saturated carbocycles. The topological polar surface area (TPSA) is 97.3 Å². The van der Waals surface area contributed by atoms with Crippen LogP contribution < -0.4 is 10.1 Å². The first-order chi connectivity index (χ1) is 13.0. The van der Waals surface area contributed by atoms with Crippen LogP contribution in [0.15, 0.2) is 30.7 Å². The Bertz CT molecular complexity index is 826. The molecule has 0 bridgehead atoms. The highest BCUT2D eigenvalue weighted by molar-refractivity contribution is 5.83. The Labute approximate surface area is 158 Å². The van der Waals surface area contributed by atoms with Crippen LogP contribution in [0.3, 0.4) is 0 Å². The van der Waals surface area contributed by atoms with E-state index in [1.807, 2.05) is 13.0 Å². The number of nitrogens with one attached hydrogen (secondary N) is 1. The van der Waals surface area contributed by atoms with Crippen molar-refractivity contribution in [1.82, 2.24) is 25.2 Å². The maximum atomic E-state index is 12.3. The summed E-state index contributed by atoms with van der Waals surface area (Å²) in [5, 5.41) is 2.56. The molecule has 2 amide bonds. The molecule has 1 atom stereocenters. The molecule has 1 aliphatic rings. The van der Waals surface area contributed by atoms with Crippen molar-refractivity contribution in [2.75, 3.05) is 19.6 Å². The number of hydrogen-bond acceptors (Lipinski definition) is 6. The van der Waals surface area contributed by atoms with E-state index in [1.54, 1.807) is 29.6 Å². The molecule has 0 spiro atoms. The molecule has 1 fully saturated rings. The van der Waals surface area contributed by atoms with Crippen LogP contribution in [0.5, 0.6) is 11.6 Å². The first kappa shape index (κ1) is 18.8. The molecule has 3 heterocycles. The maximum absolute atomic E-state index is 12.3. The lowest BCUT2D eigenvalue weighted by atomic mass is 9.94. The molecule has 0 radical (unpaired) electrons. The summed E-state index contributed by atoms with van der Waals surface area (Å²) in [5.74, 6) is 0.793. The van der Waals surface area contributed by atoms with Gasteiger partial charge in [-0.05, 0) is 31.9 Å². The second kappa shape index (κ2) is 8.57. The molecule has 1 saturated heterocycles. The average molecular weight is 369 g/mol. The molecule has 2 aromatic rings. The van der Waals surface area contributed by atoms with Crippen molar-refractivity contribution in [2.24, 2.45) is 0 Å². The number of amides is 2. The third-order valence-corrected chi connectivity index (χ3v) is 4.51. The predicted molar refractivity (Wildman–Crippen MR) is 98.3 cm³/mol. The molecule has 142 valence electrons. The number of rotatable bonds is 5. The molecular weight excluding hydrogens is 346 g/mol. The van der Waals surface area contributed by atoms with Gasteiger partial charge in [0.25, 0.3) is 0 Å². The van der Waals surface area contributed by atoms with Crippen molar-refractivity contribution >= 4 is 11.8 Å². The molecule has 0 aliphatic carbocycles. The maximum Gasteiger partial charge on any atom is 0.241 e. The van der Waals surface area contributed by atoms with Gasteiger partial charge in [-0.1, -0.05) is 0 Å². The number of piperidine rings is 1. The van der Waals surface area contributed by atoms with Gasteiger partial charge in [-0.3, -0.25) is 19.6 Å². The van der Waals surface area contributed by atoms with Gasteiger partial charge in [-0.15, -0.1) is 0 Å². The lowest BCUT2D eigenvalue weighted by Gasteiger charge is -2.32. The summed E-state index contributed by atoms with van der Waals surface area (Å²) in [4.78, 5) is 38.2. The van der Waals surface area contributed by atoms with Crippen LogP contribution >= 0.6 is 0 Å². The Morgan fingerprint density at radius 1 is 1.26 bits per heavy atom. The van der Waals surface area contributed by atoms with E-state index in [0.29, 0.717) is 24.7 Å². The lowest BCUT2D eigenvalue weighted by Crippen LogP contribution is -2.44. The van der Waals surface area contributed by atoms with Crippen LogP contribution in [0.4, 0.5) is 0 Å². The quantitative estimate of drug-likeness (QED) is 0.863. The molecule has 0 aromatic carbocycles. The number of carbonyl (C=O) groups is 2. The van der Waals surface area contributed by atoms with Gasteiger partial charge in [0.1, 0.15) is 5.69 Å². The zero-order valence-electron chi connectivity index (χ0n) is 15.5. The minimum Gasteiger partial charge on any atom is -0.435 e. The highest BCUT2D eigenvalue weighted by Gasteiger charge is 2.28. The monoisotopic (exact) mass is 369 g/mol. The highest BCUT2D eigenvalue weighted by atomic mass is 16.5. The zero-order valence-corrected chi connectivity index (χ0v) is 15.5. The van der Waals surface area contributed by atoms with Crippen LogP contribution in [0.2, 0.25) is 0 Å². The summed E-state index contributed by atoms with van der Waals surface area (Å²) in [5.41, 5.74) is 1.50. The van der Waals surface area contributed by atoms with E-state index in [9.17, 15) is 9.59 Å². The Morgan fingerprint density at radius 3 is 2.85 bits per heavy atom. The average Bonchev–Trinajstić information content (AvgIpc) is 2.68. The van der Waals surface area contributed by atoms with Crippen LogP contribution in [0.1, 0.15) is 37.1 Å². The number of pyridine rings is 1. The molecule has 3 rings (SSSR count). The van der Waals surface area contributed by atoms with Crippen molar-refractivity contribution in [2.45, 2.75) is 32.6 Å². The Hall–Kier alpha value is -3.03. The molecular formula is C19H23N5O3. The normalized spacial score (nSPS) is 16.7. The number of likely N-dealkylation sites (tertiary alicyclic amines) is 1. The molecule has 1 aliphatic heterocycles. The van der Waals surface area contributed by atoms with E-state index in [2.05, 4.69) is 20.3 Å². The molecule has 8 nitrogen and oxygen atoms in total. The minimum atomic E-state index is -0.214. The SMILES string of the molecule is CC(=O)NCC(=O)N1CCC[C@@H](c2nccnc2Oc2cccnc2C)C1. The van der Waals surface area contributed by atoms with E-state index in [-0.39, 0.29) is 24.3 Å². The van der Waals surface area contributed by atoms with E-state index in [4.69, 9.17) is 4.74 Å². The number of hydrogen-bond donors (Lipinski definition) is 1. The summed E-state index contributed by atoms with van der Waals surface area (Å²) in [6, 6.07) is 3.65. The minimum absolute atomic E-state index is 0.0146. The summed E-state index contributed by atoms with van der Waals surface area (Å²) >= 11 is 0. The van der Waals surface area contributed by atoms with Crippen LogP contribution in [-0.4, -0.2) is 51.3 Å². The predicted octanol–water partition coefficient (Wildman–Crippen LogP) is 1.81.